The van der Waals surface area contributed by atoms with Crippen molar-refractivity contribution in [3.63, 3.8) is 0 Å². The van der Waals surface area contributed by atoms with Gasteiger partial charge in [-0.05, 0) is 201 Å². The van der Waals surface area contributed by atoms with Crippen molar-refractivity contribution in [3.05, 3.63) is 278 Å². The second-order valence-electron chi connectivity index (χ2n) is 27.1. The smallest absolute Gasteiger partial charge is 1.00 e. The van der Waals surface area contributed by atoms with Gasteiger partial charge in [0, 0.05) is 128 Å². The molecule has 0 aliphatic rings. The molecule has 14 aromatic rings. The van der Waals surface area contributed by atoms with Gasteiger partial charge in [0.25, 0.3) is 0 Å². The molecule has 0 saturated carbocycles. The molecule has 25 heteroatoms. The van der Waals surface area contributed by atoms with Gasteiger partial charge in [0.15, 0.2) is 5.69 Å². The first-order valence-corrected chi connectivity index (χ1v) is 40.7. The summed E-state index contributed by atoms with van der Waals surface area (Å²) in [6, 6.07) is 44.0. The number of fused-ring (bicyclic) bond motifs is 4. The van der Waals surface area contributed by atoms with E-state index in [0.717, 1.165) is 190 Å². The number of aliphatic hydroxyl groups excluding tert-OH is 1. The zero-order valence-corrected chi connectivity index (χ0v) is 75.5. The van der Waals surface area contributed by atoms with E-state index < -0.39 is 11.4 Å². The maximum Gasteiger partial charge on any atom is 1.00 e. The van der Waals surface area contributed by atoms with Gasteiger partial charge in [-0.1, -0.05) is 196 Å². The van der Waals surface area contributed by atoms with Crippen LogP contribution in [0.5, 0.6) is 0 Å². The van der Waals surface area contributed by atoms with Gasteiger partial charge >= 0.3 is 24.8 Å². The van der Waals surface area contributed by atoms with Crippen molar-refractivity contribution in [1.29, 1.82) is 0 Å². The van der Waals surface area contributed by atoms with Crippen molar-refractivity contribution >= 4 is 153 Å². The van der Waals surface area contributed by atoms with E-state index >= 15 is 0 Å². The summed E-state index contributed by atoms with van der Waals surface area (Å²) in [7, 11) is 1.00. The zero-order valence-electron chi connectivity index (χ0n) is 67.8. The summed E-state index contributed by atoms with van der Waals surface area (Å²) in [4.78, 5) is 82.0. The SMILES string of the molecule is CCCN(CCC)c1cc(C)nc2c(-c3ccccc3Br)c(C)cnc12.CO.Cc1[nH]c2c(-c3ccccc3Br)c(C)c(C(=O)O)nc2c(=O)c1COO.Cc1cc(Cl)c2ncc(C)c(-c3ccccc3Br)c2n1.Cc1nc(C)c(N)c(-c2ccccc2Br)c1C.Cc1nc2c(=O)c(C)c(C)[nH]c2c(-c2ccccc2Br)c1C.[H-].[Li+]. The normalized spacial score (nSPS) is 10.8. The number of aromatic carboxylic acids is 1. The molecule has 0 amide bonds. The molecule has 0 saturated heterocycles. The van der Waals surface area contributed by atoms with Crippen LogP contribution in [0.3, 0.4) is 0 Å². The Morgan fingerprint density at radius 3 is 1.32 bits per heavy atom. The van der Waals surface area contributed by atoms with Crippen LogP contribution in [0.1, 0.15) is 117 Å². The quantitative estimate of drug-likeness (QED) is 0.0356. The number of carbonyl (C=O) groups is 1. The molecule has 0 atom stereocenters. The number of halogens is 6. The maximum absolute atomic E-state index is 12.8. The fourth-order valence-corrected chi connectivity index (χ4v) is 16.2. The number of anilines is 2. The third-order valence-corrected chi connectivity index (χ3v) is 23.1. The minimum Gasteiger partial charge on any atom is -1.00 e. The standard InChI is InChI=1S/C22H26BrN3.C18H15BrN2O5.C18H17BrN2O.C16H12BrClN2.C14H15BrN2.CH4O.Li.H/c1-5-11-26(12-6-2)19-13-16(4)25-22-20(15(3)14-24-21(19)22)17-9-7-8-10-18(17)23;1-8-13(10-5-3-4-6-12(10)19)15-16(21-14(8)18(23)24)17(22)11(7-26-25)9(2)20-15;1-9-11(3)21-17-16(20-12(4)10(2)18(17)22)15(9)13-7-5-6-8-14(13)19;1-9-8-19-15-13(18)7-10(2)20-16(15)14(9)11-5-3-4-6-12(11)17;1-8-9(2)17-10(3)14(16)13(8)11-6-4-5-7-12(11)15;1-2;;/h7-10,13-14H,5-6,11-12H2,1-4H3;3-6,25H,7H2,1-2H3,(H,20,22)(H,23,24);5-8H,1-4H3,(H,20,22);3-8H,1-2H3;4-7H,16H2,1-3H3;2H,1H3;;/q;;;;;;+1;-1. The summed E-state index contributed by atoms with van der Waals surface area (Å²) in [5.41, 5.74) is 34.8. The first-order valence-electron chi connectivity index (χ1n) is 36.4. The van der Waals surface area contributed by atoms with Crippen molar-refractivity contribution < 1.29 is 45.4 Å². The molecule has 586 valence electrons. The number of hydrogen-bond donors (Lipinski definition) is 6. The Hall–Kier alpha value is -8.67. The predicted molar refractivity (Wildman–Crippen MR) is 481 cm³/mol. The molecule has 0 bridgehead atoms. The number of aryl methyl sites for hydroxylation is 9. The number of rotatable bonds is 13. The second-order valence-corrected chi connectivity index (χ2v) is 31.8. The number of benzene rings is 5. The fraction of sp³-hybridized carbons (Fsp3) is 0.236. The molecule has 5 aromatic carbocycles. The van der Waals surface area contributed by atoms with Crippen LogP contribution in [0.2, 0.25) is 5.02 Å². The molecule has 0 spiro atoms. The number of aromatic amines is 2. The number of aromatic nitrogens is 9. The Kier molecular flexibility index (Phi) is 32.5. The van der Waals surface area contributed by atoms with Crippen molar-refractivity contribution in [2.75, 3.05) is 30.8 Å². The number of nitrogen functional groups attached to an aromatic ring is 1. The van der Waals surface area contributed by atoms with Crippen LogP contribution >= 0.6 is 91.3 Å². The van der Waals surface area contributed by atoms with Crippen molar-refractivity contribution in [1.82, 2.24) is 44.9 Å². The van der Waals surface area contributed by atoms with Gasteiger partial charge in [-0.15, -0.1) is 0 Å². The Labute approximate surface area is 724 Å². The van der Waals surface area contributed by atoms with Crippen LogP contribution in [-0.2, 0) is 11.5 Å². The van der Waals surface area contributed by atoms with Crippen LogP contribution in [-0.4, -0.2) is 86.5 Å². The third-order valence-electron chi connectivity index (χ3n) is 19.4. The van der Waals surface area contributed by atoms with Gasteiger partial charge in [0.05, 0.1) is 44.2 Å². The van der Waals surface area contributed by atoms with E-state index in [-0.39, 0.29) is 49.1 Å². The molecular formula is C89H90Br5ClLiN11O7. The topological polar surface area (TPSA) is 272 Å². The number of hydrogen-bond acceptors (Lipinski definition) is 15. The van der Waals surface area contributed by atoms with Crippen LogP contribution < -0.4 is 40.4 Å². The van der Waals surface area contributed by atoms with Crippen molar-refractivity contribution in [2.24, 2.45) is 0 Å². The minimum absolute atomic E-state index is 0. The molecule has 7 N–H and O–H groups in total. The first kappa shape index (κ1) is 90.9. The average molecular weight is 1870 g/mol. The number of nitrogens with zero attached hydrogens (tertiary/aromatic N) is 8. The molecule has 0 aliphatic carbocycles. The van der Waals surface area contributed by atoms with E-state index in [1.54, 1.807) is 13.8 Å². The molecule has 0 unspecified atom stereocenters. The number of pyridine rings is 9. The van der Waals surface area contributed by atoms with Gasteiger partial charge in [-0.2, -0.15) is 0 Å². The van der Waals surface area contributed by atoms with E-state index in [4.69, 9.17) is 37.7 Å². The summed E-state index contributed by atoms with van der Waals surface area (Å²) >= 11 is 24.3. The fourth-order valence-electron chi connectivity index (χ4n) is 13.5. The van der Waals surface area contributed by atoms with Crippen LogP contribution in [0, 0.1) is 90.0 Å². The van der Waals surface area contributed by atoms with Gasteiger partial charge < -0.3 is 32.2 Å². The Bertz CT molecular complexity index is 6040. The molecule has 0 radical (unpaired) electrons. The molecule has 9 heterocycles. The van der Waals surface area contributed by atoms with E-state index in [2.05, 4.69) is 201 Å². The summed E-state index contributed by atoms with van der Waals surface area (Å²) in [6.07, 6.45) is 6.06. The largest absolute Gasteiger partial charge is 1.00 e. The van der Waals surface area contributed by atoms with Crippen molar-refractivity contribution in [2.45, 2.75) is 123 Å². The number of carboxylic acids is 1. The molecule has 9 aromatic heterocycles. The van der Waals surface area contributed by atoms with Crippen LogP contribution in [0.15, 0.2) is 178 Å². The Balaban J connectivity index is 0.000000198. The van der Waals surface area contributed by atoms with Gasteiger partial charge in [-0.3, -0.25) is 39.8 Å². The molecule has 0 aliphatic heterocycles. The van der Waals surface area contributed by atoms with Gasteiger partial charge in [-0.25, -0.2) is 19.7 Å². The maximum atomic E-state index is 12.8. The monoisotopic (exact) mass is 1860 g/mol. The number of aliphatic hydroxyl groups is 1. The number of H-pyrrole nitrogens is 2. The minimum atomic E-state index is -1.22. The first-order chi connectivity index (χ1) is 53.9. The second kappa shape index (κ2) is 40.8. The summed E-state index contributed by atoms with van der Waals surface area (Å²) in [6.45, 7) is 31.5. The Morgan fingerprint density at radius 1 is 0.482 bits per heavy atom. The van der Waals surface area contributed by atoms with Gasteiger partial charge in [0.1, 0.15) is 28.7 Å². The number of nitrogens with two attached hydrogens (primary N) is 1. The van der Waals surface area contributed by atoms with Gasteiger partial charge in [0.2, 0.25) is 10.9 Å². The van der Waals surface area contributed by atoms with E-state index in [1.807, 2.05) is 159 Å². The summed E-state index contributed by atoms with van der Waals surface area (Å²) < 4.78 is 4.94. The van der Waals surface area contributed by atoms with E-state index in [1.165, 1.54) is 16.8 Å². The molecule has 18 nitrogen and oxygen atoms in total. The predicted octanol–water partition coefficient (Wildman–Crippen LogP) is 20.6. The van der Waals surface area contributed by atoms with E-state index in [9.17, 15) is 19.5 Å². The van der Waals surface area contributed by atoms with Crippen LogP contribution in [0.25, 0.3) is 99.8 Å². The average Bonchev–Trinajstić information content (AvgIpc) is 0.752. The van der Waals surface area contributed by atoms with E-state index in [0.29, 0.717) is 32.9 Å². The number of carboxylic acid groups (broad SMARTS) is 1. The molecule has 0 fully saturated rings. The van der Waals surface area contributed by atoms with Crippen LogP contribution in [0.4, 0.5) is 11.4 Å². The molecule has 114 heavy (non-hydrogen) atoms. The molecule has 14 rings (SSSR count). The van der Waals surface area contributed by atoms with Crippen molar-refractivity contribution in [3.8, 4) is 55.6 Å². The summed E-state index contributed by atoms with van der Waals surface area (Å²) in [5.74, 6) is -1.22. The zero-order chi connectivity index (χ0) is 82.6. The number of nitrogens with one attached hydrogen (secondary N) is 2. The third kappa shape index (κ3) is 19.9. The Morgan fingerprint density at radius 2 is 0.868 bits per heavy atom. The summed E-state index contributed by atoms with van der Waals surface area (Å²) in [5, 5.41) is 25.9. The molecular weight excluding hydrogens is 1780 g/mol.